The second kappa shape index (κ2) is 7.21. The van der Waals surface area contributed by atoms with Crippen molar-refractivity contribution in [3.63, 3.8) is 0 Å². The van der Waals surface area contributed by atoms with Crippen molar-refractivity contribution >= 4 is 11.9 Å². The lowest BCUT2D eigenvalue weighted by atomic mass is 10.1. The zero-order valence-electron chi connectivity index (χ0n) is 13.4. The van der Waals surface area contributed by atoms with Gasteiger partial charge in [0.15, 0.2) is 11.5 Å². The fourth-order valence-corrected chi connectivity index (χ4v) is 2.57. The van der Waals surface area contributed by atoms with Gasteiger partial charge in [-0.2, -0.15) is 0 Å². The quantitative estimate of drug-likeness (QED) is 0.744. The molecule has 1 aromatic rings. The number of amides is 1. The number of rotatable bonds is 8. The van der Waals surface area contributed by atoms with Gasteiger partial charge in [0.05, 0.1) is 33.2 Å². The van der Waals surface area contributed by atoms with Crippen LogP contribution in [-0.2, 0) is 16.0 Å². The van der Waals surface area contributed by atoms with Crippen LogP contribution in [0.1, 0.15) is 12.0 Å². The minimum Gasteiger partial charge on any atom is -0.493 e. The molecule has 0 radical (unpaired) electrons. The van der Waals surface area contributed by atoms with Crippen LogP contribution >= 0.6 is 0 Å². The summed E-state index contributed by atoms with van der Waals surface area (Å²) in [5, 5.41) is 11.6. The first-order valence-corrected chi connectivity index (χ1v) is 7.31. The number of carboxylic acids is 1. The Morgan fingerprint density at radius 1 is 1.13 bits per heavy atom. The summed E-state index contributed by atoms with van der Waals surface area (Å²) in [6, 6.07) is 3.63. The Labute approximate surface area is 134 Å². The van der Waals surface area contributed by atoms with Crippen molar-refractivity contribution in [1.82, 2.24) is 5.32 Å². The lowest BCUT2D eigenvalue weighted by Gasteiger charge is -2.15. The van der Waals surface area contributed by atoms with Crippen LogP contribution in [0.15, 0.2) is 12.1 Å². The smallest absolute Gasteiger partial charge is 0.307 e. The van der Waals surface area contributed by atoms with E-state index < -0.39 is 17.8 Å². The molecule has 0 aliphatic heterocycles. The van der Waals surface area contributed by atoms with Gasteiger partial charge in [-0.1, -0.05) is 6.07 Å². The summed E-state index contributed by atoms with van der Waals surface area (Å²) in [5.41, 5.74) is 0.871. The van der Waals surface area contributed by atoms with Crippen molar-refractivity contribution in [3.8, 4) is 17.2 Å². The van der Waals surface area contributed by atoms with Crippen molar-refractivity contribution in [2.24, 2.45) is 11.8 Å². The van der Waals surface area contributed by atoms with E-state index in [-0.39, 0.29) is 5.91 Å². The monoisotopic (exact) mass is 323 g/mol. The minimum absolute atomic E-state index is 0.211. The molecule has 2 rings (SSSR count). The van der Waals surface area contributed by atoms with E-state index in [0.717, 1.165) is 5.56 Å². The van der Waals surface area contributed by atoms with E-state index in [9.17, 15) is 9.59 Å². The van der Waals surface area contributed by atoms with Gasteiger partial charge in [-0.15, -0.1) is 0 Å². The van der Waals surface area contributed by atoms with Crippen molar-refractivity contribution in [3.05, 3.63) is 17.7 Å². The maximum Gasteiger partial charge on any atom is 0.307 e. The predicted molar refractivity (Wildman–Crippen MR) is 82.0 cm³/mol. The zero-order chi connectivity index (χ0) is 17.0. The number of methoxy groups -OCH3 is 3. The average Bonchev–Trinajstić information content (AvgIpc) is 3.34. The van der Waals surface area contributed by atoms with Crippen LogP contribution in [0.4, 0.5) is 0 Å². The highest BCUT2D eigenvalue weighted by atomic mass is 16.5. The van der Waals surface area contributed by atoms with Crippen LogP contribution < -0.4 is 19.5 Å². The fourth-order valence-electron chi connectivity index (χ4n) is 2.57. The van der Waals surface area contributed by atoms with E-state index in [1.54, 1.807) is 20.3 Å². The van der Waals surface area contributed by atoms with Gasteiger partial charge in [0.2, 0.25) is 11.7 Å². The number of carbonyl (C=O) groups excluding carboxylic acids is 1. The molecule has 1 saturated carbocycles. The number of hydrogen-bond acceptors (Lipinski definition) is 5. The largest absolute Gasteiger partial charge is 0.493 e. The minimum atomic E-state index is -0.910. The number of hydrogen-bond donors (Lipinski definition) is 2. The van der Waals surface area contributed by atoms with E-state index in [0.29, 0.717) is 36.6 Å². The zero-order valence-corrected chi connectivity index (χ0v) is 13.4. The van der Waals surface area contributed by atoms with Crippen LogP contribution in [0.3, 0.4) is 0 Å². The summed E-state index contributed by atoms with van der Waals surface area (Å²) in [5.74, 6) is -0.420. The molecule has 1 fully saturated rings. The lowest BCUT2D eigenvalue weighted by Crippen LogP contribution is -2.28. The van der Waals surface area contributed by atoms with Gasteiger partial charge < -0.3 is 24.6 Å². The van der Waals surface area contributed by atoms with Crippen LogP contribution in [0.25, 0.3) is 0 Å². The van der Waals surface area contributed by atoms with Gasteiger partial charge in [0, 0.05) is 12.1 Å². The van der Waals surface area contributed by atoms with Crippen molar-refractivity contribution in [2.75, 3.05) is 27.9 Å². The van der Waals surface area contributed by atoms with Crippen molar-refractivity contribution in [1.29, 1.82) is 0 Å². The first-order valence-electron chi connectivity index (χ1n) is 7.31. The molecule has 126 valence electrons. The van der Waals surface area contributed by atoms with Gasteiger partial charge in [-0.3, -0.25) is 9.59 Å². The maximum absolute atomic E-state index is 11.8. The van der Waals surface area contributed by atoms with E-state index >= 15 is 0 Å². The molecule has 0 aromatic heterocycles. The SMILES string of the molecule is COc1ccc(CCNC(=O)C2CC2C(=O)O)c(OC)c1OC. The first-order chi connectivity index (χ1) is 11.0. The summed E-state index contributed by atoms with van der Waals surface area (Å²) >= 11 is 0. The molecule has 7 nitrogen and oxygen atoms in total. The molecule has 7 heteroatoms. The average molecular weight is 323 g/mol. The number of ether oxygens (including phenoxy) is 3. The van der Waals surface area contributed by atoms with Crippen LogP contribution in [0.5, 0.6) is 17.2 Å². The van der Waals surface area contributed by atoms with Crippen molar-refractivity contribution < 1.29 is 28.9 Å². The molecule has 0 bridgehead atoms. The topological polar surface area (TPSA) is 94.1 Å². The molecule has 1 aromatic carbocycles. The van der Waals surface area contributed by atoms with Gasteiger partial charge in [-0.25, -0.2) is 0 Å². The lowest BCUT2D eigenvalue weighted by molar-refractivity contribution is -0.140. The molecular weight excluding hydrogens is 302 g/mol. The summed E-state index contributed by atoms with van der Waals surface area (Å²) < 4.78 is 15.9. The van der Waals surface area contributed by atoms with Gasteiger partial charge in [0.25, 0.3) is 0 Å². The molecule has 2 atom stereocenters. The van der Waals surface area contributed by atoms with E-state index in [2.05, 4.69) is 5.32 Å². The fraction of sp³-hybridized carbons (Fsp3) is 0.500. The van der Waals surface area contributed by atoms with Crippen LogP contribution in [-0.4, -0.2) is 44.9 Å². The van der Waals surface area contributed by atoms with Gasteiger partial charge in [0.1, 0.15) is 0 Å². The molecular formula is C16H21NO6. The highest BCUT2D eigenvalue weighted by Gasteiger charge is 2.48. The molecule has 1 amide bonds. The summed E-state index contributed by atoms with van der Waals surface area (Å²) in [6.45, 7) is 0.396. The molecule has 0 heterocycles. The Hall–Kier alpha value is -2.44. The Morgan fingerprint density at radius 2 is 1.83 bits per heavy atom. The van der Waals surface area contributed by atoms with E-state index in [1.165, 1.54) is 7.11 Å². The van der Waals surface area contributed by atoms with E-state index in [4.69, 9.17) is 19.3 Å². The normalized spacial score (nSPS) is 18.9. The standard InChI is InChI=1S/C16H21NO6/c1-21-12-5-4-9(13(22-2)14(12)23-3)6-7-17-15(18)10-8-11(10)16(19)20/h4-5,10-11H,6-8H2,1-3H3,(H,17,18)(H,19,20). The predicted octanol–water partition coefficient (Wildman–Crippen LogP) is 1.09. The summed E-state index contributed by atoms with van der Waals surface area (Å²) in [7, 11) is 4.62. The molecule has 1 aliphatic carbocycles. The number of nitrogens with one attached hydrogen (secondary N) is 1. The number of carbonyl (C=O) groups is 2. The summed E-state index contributed by atoms with van der Waals surface area (Å²) in [6.07, 6.45) is 0.959. The Bertz CT molecular complexity index is 600. The van der Waals surface area contributed by atoms with Gasteiger partial charge in [-0.05, 0) is 18.9 Å². The van der Waals surface area contributed by atoms with E-state index in [1.807, 2.05) is 6.07 Å². The summed E-state index contributed by atoms with van der Waals surface area (Å²) in [4.78, 5) is 22.6. The number of benzene rings is 1. The Morgan fingerprint density at radius 3 is 2.35 bits per heavy atom. The third kappa shape index (κ3) is 3.67. The van der Waals surface area contributed by atoms with Crippen molar-refractivity contribution in [2.45, 2.75) is 12.8 Å². The number of carboxylic acid groups (broad SMARTS) is 1. The second-order valence-corrected chi connectivity index (χ2v) is 5.32. The molecule has 2 unspecified atom stereocenters. The number of aliphatic carboxylic acids is 1. The maximum atomic E-state index is 11.8. The molecule has 23 heavy (non-hydrogen) atoms. The highest BCUT2D eigenvalue weighted by Crippen LogP contribution is 2.40. The van der Waals surface area contributed by atoms with Crippen LogP contribution in [0.2, 0.25) is 0 Å². The Balaban J connectivity index is 1.96. The Kier molecular flexibility index (Phi) is 5.31. The highest BCUT2D eigenvalue weighted by molar-refractivity contribution is 5.89. The van der Waals surface area contributed by atoms with Crippen LogP contribution in [0, 0.1) is 11.8 Å². The molecule has 0 spiro atoms. The first kappa shape index (κ1) is 16.9. The molecule has 0 saturated heterocycles. The third-order valence-electron chi connectivity index (χ3n) is 3.92. The second-order valence-electron chi connectivity index (χ2n) is 5.32. The molecule has 1 aliphatic rings. The van der Waals surface area contributed by atoms with Gasteiger partial charge >= 0.3 is 5.97 Å². The third-order valence-corrected chi connectivity index (χ3v) is 3.92. The molecule has 2 N–H and O–H groups in total.